The molecule has 3 nitrogen and oxygen atoms in total. The Morgan fingerprint density at radius 1 is 1.33 bits per heavy atom. The SMILES string of the molecule is NC1CCc2cccc(OC3COC3)c21. The molecule has 80 valence electrons. The van der Waals surface area contributed by atoms with Crippen LogP contribution < -0.4 is 10.5 Å². The first-order valence-corrected chi connectivity index (χ1v) is 5.46. The maximum absolute atomic E-state index is 6.07. The van der Waals surface area contributed by atoms with E-state index in [1.54, 1.807) is 0 Å². The Hall–Kier alpha value is -1.06. The van der Waals surface area contributed by atoms with Gasteiger partial charge in [0.25, 0.3) is 0 Å². The Morgan fingerprint density at radius 2 is 2.20 bits per heavy atom. The molecule has 15 heavy (non-hydrogen) atoms. The maximum Gasteiger partial charge on any atom is 0.145 e. The number of hydrogen-bond acceptors (Lipinski definition) is 3. The van der Waals surface area contributed by atoms with E-state index in [0.717, 1.165) is 18.6 Å². The predicted octanol–water partition coefficient (Wildman–Crippen LogP) is 1.41. The lowest BCUT2D eigenvalue weighted by atomic mass is 10.1. The fraction of sp³-hybridized carbons (Fsp3) is 0.500. The lowest BCUT2D eigenvalue weighted by Crippen LogP contribution is -2.38. The molecular formula is C12H15NO2. The molecule has 2 N–H and O–H groups in total. The van der Waals surface area contributed by atoms with E-state index in [1.807, 2.05) is 12.1 Å². The van der Waals surface area contributed by atoms with Gasteiger partial charge in [-0.3, -0.25) is 0 Å². The third kappa shape index (κ3) is 1.52. The molecule has 1 heterocycles. The van der Waals surface area contributed by atoms with Crippen LogP contribution in [-0.4, -0.2) is 19.3 Å². The van der Waals surface area contributed by atoms with E-state index in [4.69, 9.17) is 15.2 Å². The van der Waals surface area contributed by atoms with Gasteiger partial charge in [0.1, 0.15) is 11.9 Å². The van der Waals surface area contributed by atoms with E-state index in [9.17, 15) is 0 Å². The van der Waals surface area contributed by atoms with Crippen molar-refractivity contribution < 1.29 is 9.47 Å². The van der Waals surface area contributed by atoms with Crippen LogP contribution in [-0.2, 0) is 11.2 Å². The molecule has 0 spiro atoms. The van der Waals surface area contributed by atoms with Gasteiger partial charge < -0.3 is 15.2 Å². The van der Waals surface area contributed by atoms with Crippen molar-refractivity contribution in [1.82, 2.24) is 0 Å². The van der Waals surface area contributed by atoms with Crippen molar-refractivity contribution in [2.75, 3.05) is 13.2 Å². The van der Waals surface area contributed by atoms with Gasteiger partial charge in [0, 0.05) is 11.6 Å². The second-order valence-electron chi connectivity index (χ2n) is 4.25. The summed E-state index contributed by atoms with van der Waals surface area (Å²) in [5, 5.41) is 0. The molecule has 0 aromatic heterocycles. The smallest absolute Gasteiger partial charge is 0.145 e. The van der Waals surface area contributed by atoms with Gasteiger partial charge in [-0.05, 0) is 24.5 Å². The van der Waals surface area contributed by atoms with Crippen LogP contribution >= 0.6 is 0 Å². The zero-order valence-electron chi connectivity index (χ0n) is 8.61. The summed E-state index contributed by atoms with van der Waals surface area (Å²) in [5.41, 5.74) is 8.63. The summed E-state index contributed by atoms with van der Waals surface area (Å²) in [6.07, 6.45) is 2.34. The second kappa shape index (κ2) is 3.51. The van der Waals surface area contributed by atoms with Crippen LogP contribution in [0, 0.1) is 0 Å². The van der Waals surface area contributed by atoms with Gasteiger partial charge in [0.15, 0.2) is 0 Å². The Bertz CT molecular complexity index is 374. The molecular weight excluding hydrogens is 190 g/mol. The molecule has 1 atom stereocenters. The van der Waals surface area contributed by atoms with Crippen LogP contribution in [0.4, 0.5) is 0 Å². The Morgan fingerprint density at radius 3 is 2.93 bits per heavy atom. The van der Waals surface area contributed by atoms with Gasteiger partial charge in [-0.25, -0.2) is 0 Å². The van der Waals surface area contributed by atoms with Gasteiger partial charge >= 0.3 is 0 Å². The highest BCUT2D eigenvalue weighted by molar-refractivity contribution is 5.45. The van der Waals surface area contributed by atoms with Crippen molar-refractivity contribution in [3.63, 3.8) is 0 Å². The third-order valence-corrected chi connectivity index (χ3v) is 3.15. The minimum atomic E-state index is 0.150. The van der Waals surface area contributed by atoms with Crippen molar-refractivity contribution in [3.8, 4) is 5.75 Å². The lowest BCUT2D eigenvalue weighted by molar-refractivity contribution is -0.0800. The molecule has 1 aromatic carbocycles. The first kappa shape index (κ1) is 9.19. The zero-order valence-corrected chi connectivity index (χ0v) is 8.61. The fourth-order valence-corrected chi connectivity index (χ4v) is 2.25. The number of benzene rings is 1. The van der Waals surface area contributed by atoms with Crippen molar-refractivity contribution in [2.24, 2.45) is 5.73 Å². The molecule has 1 aromatic rings. The highest BCUT2D eigenvalue weighted by atomic mass is 16.6. The largest absolute Gasteiger partial charge is 0.485 e. The second-order valence-corrected chi connectivity index (χ2v) is 4.25. The molecule has 3 rings (SSSR count). The van der Waals surface area contributed by atoms with Crippen molar-refractivity contribution in [3.05, 3.63) is 29.3 Å². The van der Waals surface area contributed by atoms with Crippen LogP contribution in [0.2, 0.25) is 0 Å². The number of aryl methyl sites for hydroxylation is 1. The minimum absolute atomic E-state index is 0.150. The average Bonchev–Trinajstić information content (AvgIpc) is 2.55. The normalized spacial score (nSPS) is 24.7. The van der Waals surface area contributed by atoms with Crippen LogP contribution in [0.5, 0.6) is 5.75 Å². The number of nitrogens with two attached hydrogens (primary N) is 1. The first-order valence-electron chi connectivity index (χ1n) is 5.46. The van der Waals surface area contributed by atoms with Gasteiger partial charge in [-0.1, -0.05) is 12.1 Å². The molecule has 1 saturated heterocycles. The topological polar surface area (TPSA) is 44.5 Å². The summed E-state index contributed by atoms with van der Waals surface area (Å²) in [7, 11) is 0. The Kier molecular flexibility index (Phi) is 2.15. The summed E-state index contributed by atoms with van der Waals surface area (Å²) in [6, 6.07) is 6.36. The van der Waals surface area contributed by atoms with E-state index in [1.165, 1.54) is 11.1 Å². The van der Waals surface area contributed by atoms with Gasteiger partial charge in [-0.2, -0.15) is 0 Å². The summed E-state index contributed by atoms with van der Waals surface area (Å²) >= 11 is 0. The van der Waals surface area contributed by atoms with Crippen molar-refractivity contribution in [2.45, 2.75) is 25.0 Å². The summed E-state index contributed by atoms with van der Waals surface area (Å²) in [5.74, 6) is 0.964. The van der Waals surface area contributed by atoms with E-state index < -0.39 is 0 Å². The zero-order chi connectivity index (χ0) is 10.3. The minimum Gasteiger partial charge on any atom is -0.485 e. The van der Waals surface area contributed by atoms with Crippen molar-refractivity contribution in [1.29, 1.82) is 0 Å². The van der Waals surface area contributed by atoms with E-state index in [-0.39, 0.29) is 12.1 Å². The molecule has 0 saturated carbocycles. The lowest BCUT2D eigenvalue weighted by Gasteiger charge is -2.28. The predicted molar refractivity (Wildman–Crippen MR) is 56.9 cm³/mol. The standard InChI is InChI=1S/C12H15NO2/c13-10-5-4-8-2-1-3-11(12(8)10)15-9-6-14-7-9/h1-3,9-10H,4-7,13H2. The monoisotopic (exact) mass is 205 g/mol. The van der Waals surface area contributed by atoms with Crippen LogP contribution in [0.3, 0.4) is 0 Å². The van der Waals surface area contributed by atoms with Gasteiger partial charge in [0.05, 0.1) is 13.2 Å². The van der Waals surface area contributed by atoms with Crippen molar-refractivity contribution >= 4 is 0 Å². The summed E-state index contributed by atoms with van der Waals surface area (Å²) in [4.78, 5) is 0. The average molecular weight is 205 g/mol. The number of fused-ring (bicyclic) bond motifs is 1. The molecule has 2 aliphatic rings. The molecule has 0 amide bonds. The summed E-state index contributed by atoms with van der Waals surface area (Å²) in [6.45, 7) is 1.41. The highest BCUT2D eigenvalue weighted by Crippen LogP contribution is 2.37. The van der Waals surface area contributed by atoms with E-state index in [2.05, 4.69) is 6.07 Å². The number of ether oxygens (including phenoxy) is 2. The maximum atomic E-state index is 6.07. The number of rotatable bonds is 2. The molecule has 1 fully saturated rings. The Labute approximate surface area is 89.2 Å². The highest BCUT2D eigenvalue weighted by Gasteiger charge is 2.26. The third-order valence-electron chi connectivity index (χ3n) is 3.15. The van der Waals surface area contributed by atoms with Crippen LogP contribution in [0.25, 0.3) is 0 Å². The van der Waals surface area contributed by atoms with Crippen LogP contribution in [0.15, 0.2) is 18.2 Å². The van der Waals surface area contributed by atoms with E-state index >= 15 is 0 Å². The molecule has 1 unspecified atom stereocenters. The summed E-state index contributed by atoms with van der Waals surface area (Å²) < 4.78 is 11.0. The number of hydrogen-bond donors (Lipinski definition) is 1. The first-order chi connectivity index (χ1) is 7.34. The Balaban J connectivity index is 1.90. The van der Waals surface area contributed by atoms with Gasteiger partial charge in [0.2, 0.25) is 0 Å². The molecule has 1 aliphatic heterocycles. The van der Waals surface area contributed by atoms with Gasteiger partial charge in [-0.15, -0.1) is 0 Å². The molecule has 1 aliphatic carbocycles. The fourth-order valence-electron chi connectivity index (χ4n) is 2.25. The van der Waals surface area contributed by atoms with Crippen LogP contribution in [0.1, 0.15) is 23.6 Å². The quantitative estimate of drug-likeness (QED) is 0.794. The van der Waals surface area contributed by atoms with E-state index in [0.29, 0.717) is 13.2 Å². The molecule has 0 radical (unpaired) electrons. The molecule has 3 heteroatoms. The molecule has 0 bridgehead atoms.